The summed E-state index contributed by atoms with van der Waals surface area (Å²) in [6.45, 7) is 24.5. The first kappa shape index (κ1) is 35.5. The molecule has 3 aromatic carbocycles. The lowest BCUT2D eigenvalue weighted by atomic mass is 10.0. The van der Waals surface area contributed by atoms with Crippen molar-refractivity contribution in [2.45, 2.75) is 47.4 Å². The fourth-order valence-electron chi connectivity index (χ4n) is 5.62. The number of carbonyl (C=O) groups excluding carboxylic acids is 1. The van der Waals surface area contributed by atoms with Gasteiger partial charge in [-0.2, -0.15) is 0 Å². The van der Waals surface area contributed by atoms with Crippen LogP contribution >= 0.6 is 0 Å². The van der Waals surface area contributed by atoms with Crippen LogP contribution in [0, 0.1) is 0 Å². The predicted molar refractivity (Wildman–Crippen MR) is 195 cm³/mol. The number of benzene rings is 3. The number of amides is 1. The van der Waals surface area contributed by atoms with Crippen molar-refractivity contribution in [3.05, 3.63) is 138 Å². The Morgan fingerprint density at radius 3 is 2.19 bits per heavy atom. The van der Waals surface area contributed by atoms with E-state index < -0.39 is 0 Å². The van der Waals surface area contributed by atoms with E-state index in [-0.39, 0.29) is 5.91 Å². The van der Waals surface area contributed by atoms with Crippen molar-refractivity contribution in [3.8, 4) is 11.5 Å². The van der Waals surface area contributed by atoms with Crippen molar-refractivity contribution in [3.63, 3.8) is 0 Å². The Balaban J connectivity index is 1.58. The van der Waals surface area contributed by atoms with Gasteiger partial charge in [-0.1, -0.05) is 99.0 Å². The molecule has 0 aromatic heterocycles. The number of likely N-dealkylation sites (N-methyl/N-ethyl adjacent to an activating group) is 1. The lowest BCUT2D eigenvalue weighted by molar-refractivity contribution is 0.0747. The van der Waals surface area contributed by atoms with Crippen LogP contribution in [0.2, 0.25) is 0 Å². The minimum atomic E-state index is -0.0931. The zero-order valence-electron chi connectivity index (χ0n) is 28.7. The fourth-order valence-corrected chi connectivity index (χ4v) is 5.62. The largest absolute Gasteiger partial charge is 0.488 e. The first-order valence-corrected chi connectivity index (χ1v) is 16.7. The Bertz CT molecular complexity index is 1550. The fraction of sp³-hybridized carbons (Fsp3) is 0.341. The van der Waals surface area contributed by atoms with Gasteiger partial charge in [-0.05, 0) is 61.2 Å². The molecule has 6 heteroatoms. The topological polar surface area (TPSA) is 45.3 Å². The molecule has 0 saturated carbocycles. The molecule has 1 aliphatic heterocycles. The third-order valence-electron chi connectivity index (χ3n) is 8.41. The molecule has 47 heavy (non-hydrogen) atoms. The van der Waals surface area contributed by atoms with Gasteiger partial charge in [0.25, 0.3) is 5.91 Å². The minimum Gasteiger partial charge on any atom is -0.488 e. The van der Waals surface area contributed by atoms with Crippen LogP contribution in [0.15, 0.2) is 110 Å². The van der Waals surface area contributed by atoms with E-state index in [1.165, 1.54) is 5.56 Å². The Kier molecular flexibility index (Phi) is 13.6. The standard InChI is InChI=1S/C41H51N3O3/c1-7-10-12-16-33(6)30-46-39-27-40(47-31-34-17-13-11-14-18-34)38(26-37(39)32(4)5)41(45)44(9-3)29-36-20-15-19-35(25-36)28-43-23-21-42(8-2)22-24-43/h7,10-20,25-27H,4,6,8-9,21-24,28-31H2,1-3,5H3/b10-7-,16-12-. The summed E-state index contributed by atoms with van der Waals surface area (Å²) in [5, 5.41) is 0. The molecular weight excluding hydrogens is 582 g/mol. The van der Waals surface area contributed by atoms with E-state index in [1.807, 2.05) is 92.4 Å². The van der Waals surface area contributed by atoms with Crippen LogP contribution in [-0.4, -0.2) is 66.5 Å². The van der Waals surface area contributed by atoms with Gasteiger partial charge >= 0.3 is 0 Å². The van der Waals surface area contributed by atoms with E-state index in [4.69, 9.17) is 9.47 Å². The molecular formula is C41H51N3O3. The van der Waals surface area contributed by atoms with Crippen LogP contribution in [-0.2, 0) is 19.7 Å². The van der Waals surface area contributed by atoms with Crippen molar-refractivity contribution in [2.75, 3.05) is 45.9 Å². The van der Waals surface area contributed by atoms with Crippen LogP contribution in [0.5, 0.6) is 11.5 Å². The van der Waals surface area contributed by atoms with E-state index in [0.29, 0.717) is 43.4 Å². The van der Waals surface area contributed by atoms with Gasteiger partial charge in [0.15, 0.2) is 0 Å². The Labute approximate surface area is 282 Å². The summed E-state index contributed by atoms with van der Waals surface area (Å²) in [6, 6.07) is 22.3. The lowest BCUT2D eigenvalue weighted by Crippen LogP contribution is -2.45. The van der Waals surface area contributed by atoms with Crippen molar-refractivity contribution >= 4 is 11.5 Å². The Morgan fingerprint density at radius 2 is 1.51 bits per heavy atom. The smallest absolute Gasteiger partial charge is 0.257 e. The molecule has 248 valence electrons. The van der Waals surface area contributed by atoms with Gasteiger partial charge in [-0.15, -0.1) is 0 Å². The molecule has 0 N–H and O–H groups in total. The number of carbonyl (C=O) groups is 1. The highest BCUT2D eigenvalue weighted by atomic mass is 16.5. The van der Waals surface area contributed by atoms with E-state index in [2.05, 4.69) is 54.1 Å². The molecule has 1 saturated heterocycles. The third-order valence-corrected chi connectivity index (χ3v) is 8.41. The number of hydrogen-bond donors (Lipinski definition) is 0. The molecule has 1 aliphatic rings. The normalized spacial score (nSPS) is 14.0. The maximum atomic E-state index is 14.3. The van der Waals surface area contributed by atoms with E-state index in [0.717, 1.165) is 67.1 Å². The van der Waals surface area contributed by atoms with Gasteiger partial charge in [0.1, 0.15) is 24.7 Å². The average molecular weight is 634 g/mol. The summed E-state index contributed by atoms with van der Waals surface area (Å²) in [5.41, 5.74) is 6.29. The molecule has 1 heterocycles. The molecule has 3 aromatic rings. The van der Waals surface area contributed by atoms with Gasteiger partial charge in [-0.3, -0.25) is 9.69 Å². The molecule has 0 unspecified atom stereocenters. The van der Waals surface area contributed by atoms with Crippen LogP contribution in [0.1, 0.15) is 60.3 Å². The average Bonchev–Trinajstić information content (AvgIpc) is 3.09. The van der Waals surface area contributed by atoms with Crippen molar-refractivity contribution < 1.29 is 14.3 Å². The van der Waals surface area contributed by atoms with Gasteiger partial charge in [0.2, 0.25) is 0 Å². The van der Waals surface area contributed by atoms with Crippen LogP contribution in [0.25, 0.3) is 5.57 Å². The molecule has 1 amide bonds. The first-order valence-electron chi connectivity index (χ1n) is 16.7. The number of allylic oxidation sites excluding steroid dienone is 4. The molecule has 0 aliphatic carbocycles. The summed E-state index contributed by atoms with van der Waals surface area (Å²) < 4.78 is 12.6. The number of piperazine rings is 1. The quantitative estimate of drug-likeness (QED) is 0.149. The van der Waals surface area contributed by atoms with Crippen molar-refractivity contribution in [1.82, 2.24) is 14.7 Å². The predicted octanol–water partition coefficient (Wildman–Crippen LogP) is 8.17. The minimum absolute atomic E-state index is 0.0931. The van der Waals surface area contributed by atoms with Gasteiger partial charge in [-0.25, -0.2) is 0 Å². The third kappa shape index (κ3) is 10.6. The van der Waals surface area contributed by atoms with E-state index in [9.17, 15) is 4.79 Å². The maximum Gasteiger partial charge on any atom is 0.257 e. The zero-order valence-corrected chi connectivity index (χ0v) is 28.7. The van der Waals surface area contributed by atoms with Gasteiger partial charge in [0, 0.05) is 57.4 Å². The van der Waals surface area contributed by atoms with Crippen molar-refractivity contribution in [1.29, 1.82) is 0 Å². The number of rotatable bonds is 16. The second kappa shape index (κ2) is 18.1. The monoisotopic (exact) mass is 633 g/mol. The molecule has 0 bridgehead atoms. The van der Waals surface area contributed by atoms with E-state index in [1.54, 1.807) is 0 Å². The Hall–Kier alpha value is -4.39. The highest BCUT2D eigenvalue weighted by molar-refractivity contribution is 5.98. The summed E-state index contributed by atoms with van der Waals surface area (Å²) in [6.07, 6.45) is 7.77. The number of hydrogen-bond acceptors (Lipinski definition) is 5. The Morgan fingerprint density at radius 1 is 0.830 bits per heavy atom. The van der Waals surface area contributed by atoms with Crippen LogP contribution in [0.3, 0.4) is 0 Å². The summed E-state index contributed by atoms with van der Waals surface area (Å²) in [7, 11) is 0. The maximum absolute atomic E-state index is 14.3. The van der Waals surface area contributed by atoms with Gasteiger partial charge in [0.05, 0.1) is 5.56 Å². The second-order valence-electron chi connectivity index (χ2n) is 12.1. The molecule has 6 nitrogen and oxygen atoms in total. The SMILES string of the molecule is C=C(/C=C\C=C/C)COc1cc(OCc2ccccc2)c(C(=O)N(CC)Cc2cccc(CN3CCN(CC)CC3)c2)cc1C(=C)C. The van der Waals surface area contributed by atoms with Crippen LogP contribution < -0.4 is 9.47 Å². The highest BCUT2D eigenvalue weighted by Gasteiger charge is 2.23. The molecule has 4 rings (SSSR count). The highest BCUT2D eigenvalue weighted by Crippen LogP contribution is 2.35. The molecule has 0 radical (unpaired) electrons. The van der Waals surface area contributed by atoms with Crippen LogP contribution in [0.4, 0.5) is 0 Å². The summed E-state index contributed by atoms with van der Waals surface area (Å²) >= 11 is 0. The second-order valence-corrected chi connectivity index (χ2v) is 12.1. The lowest BCUT2D eigenvalue weighted by Gasteiger charge is -2.34. The zero-order chi connectivity index (χ0) is 33.6. The molecule has 0 spiro atoms. The van der Waals surface area contributed by atoms with Gasteiger partial charge < -0.3 is 19.3 Å². The number of nitrogens with zero attached hydrogens (tertiary/aromatic N) is 3. The molecule has 0 atom stereocenters. The number of ether oxygens (including phenoxy) is 2. The van der Waals surface area contributed by atoms with Crippen molar-refractivity contribution in [2.24, 2.45) is 0 Å². The molecule has 1 fully saturated rings. The summed E-state index contributed by atoms with van der Waals surface area (Å²) in [4.78, 5) is 21.2. The summed E-state index contributed by atoms with van der Waals surface area (Å²) in [5.74, 6) is 0.991. The van der Waals surface area contributed by atoms with E-state index >= 15 is 0 Å². The first-order chi connectivity index (χ1) is 22.8.